The first kappa shape index (κ1) is 27.4. The van der Waals surface area contributed by atoms with Gasteiger partial charge in [0.15, 0.2) is 0 Å². The van der Waals surface area contributed by atoms with Crippen LogP contribution >= 0.6 is 0 Å². The molecule has 0 atom stereocenters. The van der Waals surface area contributed by atoms with Crippen LogP contribution in [0.3, 0.4) is 0 Å². The summed E-state index contributed by atoms with van der Waals surface area (Å²) in [5.74, 6) is 0.144. The van der Waals surface area contributed by atoms with E-state index in [0.717, 1.165) is 37.1 Å². The van der Waals surface area contributed by atoms with Gasteiger partial charge in [-0.25, -0.2) is 14.0 Å². The third kappa shape index (κ3) is 6.05. The Labute approximate surface area is 229 Å². The van der Waals surface area contributed by atoms with Crippen LogP contribution < -0.4 is 10.2 Å². The van der Waals surface area contributed by atoms with Crippen molar-refractivity contribution in [2.45, 2.75) is 70.1 Å². The van der Waals surface area contributed by atoms with Crippen molar-refractivity contribution in [3.63, 3.8) is 0 Å². The van der Waals surface area contributed by atoms with Crippen molar-refractivity contribution in [1.82, 2.24) is 19.7 Å². The molecule has 4 heterocycles. The summed E-state index contributed by atoms with van der Waals surface area (Å²) >= 11 is 0. The third-order valence-electron chi connectivity index (χ3n) is 8.22. The molecule has 3 aliphatic heterocycles. The quantitative estimate of drug-likeness (QED) is 0.614. The maximum absolute atomic E-state index is 15.7. The molecule has 10 heteroatoms. The van der Waals surface area contributed by atoms with Gasteiger partial charge in [-0.05, 0) is 70.3 Å². The first-order valence-electron chi connectivity index (χ1n) is 14.0. The van der Waals surface area contributed by atoms with E-state index in [1.807, 2.05) is 40.0 Å². The second-order valence-electron chi connectivity index (χ2n) is 12.3. The lowest BCUT2D eigenvalue weighted by molar-refractivity contribution is -0.120. The number of hydrogen-bond acceptors (Lipinski definition) is 5. The Morgan fingerprint density at radius 2 is 1.79 bits per heavy atom. The molecule has 1 aromatic heterocycles. The predicted molar refractivity (Wildman–Crippen MR) is 148 cm³/mol. The summed E-state index contributed by atoms with van der Waals surface area (Å²) in [5, 5.41) is 3.56. The molecular weight excluding hydrogens is 501 g/mol. The molecule has 0 bridgehead atoms. The highest BCUT2D eigenvalue weighted by Gasteiger charge is 2.39. The lowest BCUT2D eigenvalue weighted by Crippen LogP contribution is -2.51. The van der Waals surface area contributed by atoms with Gasteiger partial charge in [-0.15, -0.1) is 0 Å². The summed E-state index contributed by atoms with van der Waals surface area (Å²) in [6.07, 6.45) is 4.69. The number of carbonyl (C=O) groups excluding carboxylic acids is 3. The number of nitrogens with zero attached hydrogens (tertiary/aromatic N) is 4. The summed E-state index contributed by atoms with van der Waals surface area (Å²) < 4.78 is 23.3. The van der Waals surface area contributed by atoms with Crippen LogP contribution in [0.4, 0.5) is 19.7 Å². The van der Waals surface area contributed by atoms with E-state index in [9.17, 15) is 14.4 Å². The Bertz CT molecular complexity index is 1250. The number of fused-ring (bicyclic) bond motifs is 1. The maximum Gasteiger partial charge on any atom is 0.410 e. The largest absolute Gasteiger partial charge is 0.444 e. The molecule has 2 aromatic rings. The number of anilines is 1. The summed E-state index contributed by atoms with van der Waals surface area (Å²) in [5.41, 5.74) is 1.28. The molecule has 39 heavy (non-hydrogen) atoms. The molecule has 5 rings (SSSR count). The van der Waals surface area contributed by atoms with Gasteiger partial charge in [0, 0.05) is 69.8 Å². The lowest BCUT2D eigenvalue weighted by Gasteiger charge is -2.41. The fourth-order valence-corrected chi connectivity index (χ4v) is 6.08. The number of aryl methyl sites for hydroxylation is 1. The molecule has 3 aliphatic rings. The van der Waals surface area contributed by atoms with Gasteiger partial charge in [0.1, 0.15) is 11.3 Å². The van der Waals surface area contributed by atoms with Gasteiger partial charge in [-0.3, -0.25) is 15.0 Å². The van der Waals surface area contributed by atoms with Gasteiger partial charge in [-0.1, -0.05) is 6.07 Å². The second-order valence-corrected chi connectivity index (χ2v) is 12.3. The number of ether oxygens (including phenoxy) is 1. The number of rotatable bonds is 4. The van der Waals surface area contributed by atoms with E-state index in [4.69, 9.17) is 4.74 Å². The summed E-state index contributed by atoms with van der Waals surface area (Å²) in [4.78, 5) is 41.6. The number of amides is 4. The molecule has 212 valence electrons. The molecule has 0 spiro atoms. The number of halogens is 1. The Morgan fingerprint density at radius 3 is 2.44 bits per heavy atom. The number of urea groups is 1. The van der Waals surface area contributed by atoms with Gasteiger partial charge in [-0.2, -0.15) is 0 Å². The van der Waals surface area contributed by atoms with E-state index in [-0.39, 0.29) is 18.0 Å². The van der Waals surface area contributed by atoms with Crippen LogP contribution in [-0.2, 0) is 16.6 Å². The third-order valence-corrected chi connectivity index (χ3v) is 8.22. The number of likely N-dealkylation sites (tertiary alicyclic amines) is 2. The molecule has 0 radical (unpaired) electrons. The smallest absolute Gasteiger partial charge is 0.410 e. The maximum atomic E-state index is 15.7. The normalized spacial score (nSPS) is 21.4. The Balaban J connectivity index is 1.18. The van der Waals surface area contributed by atoms with E-state index in [2.05, 4.69) is 27.0 Å². The van der Waals surface area contributed by atoms with Crippen molar-refractivity contribution in [2.24, 2.45) is 7.05 Å². The van der Waals surface area contributed by atoms with Crippen LogP contribution in [0, 0.1) is 0 Å². The second kappa shape index (κ2) is 10.4. The van der Waals surface area contributed by atoms with E-state index in [0.29, 0.717) is 51.4 Å². The minimum atomic E-state index is -1.29. The van der Waals surface area contributed by atoms with E-state index in [1.54, 1.807) is 9.80 Å². The summed E-state index contributed by atoms with van der Waals surface area (Å²) in [7, 11) is 2.01. The first-order valence-corrected chi connectivity index (χ1v) is 14.0. The van der Waals surface area contributed by atoms with Crippen molar-refractivity contribution in [1.29, 1.82) is 0 Å². The van der Waals surface area contributed by atoms with Crippen LogP contribution in [0.15, 0.2) is 24.4 Å². The van der Waals surface area contributed by atoms with Gasteiger partial charge < -0.3 is 19.1 Å². The average molecular weight is 542 g/mol. The SMILES string of the molecule is Cn1cc(C2CCN(CC3(F)CCN(C(=O)OC(C)(C)C)CC3)CC2)c2ccc(N3CCC(=O)NC3=O)cc21. The molecule has 1 N–H and O–H groups in total. The van der Waals surface area contributed by atoms with Crippen LogP contribution in [-0.4, -0.2) is 82.9 Å². The van der Waals surface area contributed by atoms with Crippen LogP contribution in [0.25, 0.3) is 10.9 Å². The number of nitrogens with one attached hydrogen (secondary N) is 1. The van der Waals surface area contributed by atoms with E-state index < -0.39 is 11.3 Å². The number of benzene rings is 1. The van der Waals surface area contributed by atoms with Crippen LogP contribution in [0.1, 0.15) is 64.4 Å². The Hall–Kier alpha value is -3.14. The number of alkyl halides is 1. The Kier molecular flexibility index (Phi) is 7.35. The average Bonchev–Trinajstić information content (AvgIpc) is 3.19. The zero-order valence-electron chi connectivity index (χ0n) is 23.5. The minimum Gasteiger partial charge on any atom is -0.444 e. The number of hydrogen-bond donors (Lipinski definition) is 1. The number of imide groups is 1. The van der Waals surface area contributed by atoms with Crippen LogP contribution in [0.2, 0.25) is 0 Å². The monoisotopic (exact) mass is 541 g/mol. The number of aromatic nitrogens is 1. The molecular formula is C29H40FN5O4. The first-order chi connectivity index (χ1) is 18.4. The van der Waals surface area contributed by atoms with Crippen molar-refractivity contribution in [2.75, 3.05) is 44.2 Å². The van der Waals surface area contributed by atoms with E-state index in [1.165, 1.54) is 10.9 Å². The molecule has 0 saturated carbocycles. The van der Waals surface area contributed by atoms with Crippen molar-refractivity contribution in [3.8, 4) is 0 Å². The molecule has 9 nitrogen and oxygen atoms in total. The zero-order chi connectivity index (χ0) is 27.9. The molecule has 4 amide bonds. The van der Waals surface area contributed by atoms with E-state index >= 15 is 4.39 Å². The molecule has 3 fully saturated rings. The minimum absolute atomic E-state index is 0.241. The zero-order valence-corrected chi connectivity index (χ0v) is 23.5. The highest BCUT2D eigenvalue weighted by Crippen LogP contribution is 2.37. The van der Waals surface area contributed by atoms with Crippen molar-refractivity contribution >= 4 is 34.6 Å². The highest BCUT2D eigenvalue weighted by atomic mass is 19.1. The lowest BCUT2D eigenvalue weighted by atomic mass is 9.87. The van der Waals surface area contributed by atoms with Gasteiger partial charge >= 0.3 is 12.1 Å². The van der Waals surface area contributed by atoms with Crippen molar-refractivity contribution in [3.05, 3.63) is 30.0 Å². The number of piperidine rings is 2. The molecule has 0 unspecified atom stereocenters. The fraction of sp³-hybridized carbons (Fsp3) is 0.621. The van der Waals surface area contributed by atoms with Gasteiger partial charge in [0.2, 0.25) is 5.91 Å². The fourth-order valence-electron chi connectivity index (χ4n) is 6.08. The molecule has 0 aliphatic carbocycles. The highest BCUT2D eigenvalue weighted by molar-refractivity contribution is 6.06. The topological polar surface area (TPSA) is 87.1 Å². The van der Waals surface area contributed by atoms with Crippen molar-refractivity contribution < 1.29 is 23.5 Å². The number of carbonyl (C=O) groups is 3. The predicted octanol–water partition coefficient (Wildman–Crippen LogP) is 4.54. The van der Waals surface area contributed by atoms with Gasteiger partial charge in [0.05, 0.1) is 5.52 Å². The molecule has 3 saturated heterocycles. The molecule has 1 aromatic carbocycles. The van der Waals surface area contributed by atoms with Crippen LogP contribution in [0.5, 0.6) is 0 Å². The van der Waals surface area contributed by atoms with Gasteiger partial charge in [0.25, 0.3) is 0 Å². The summed E-state index contributed by atoms with van der Waals surface area (Å²) in [6.45, 7) is 8.74. The standard InChI is InChI=1S/C29H40FN5O4/c1-28(2,3)39-27(38)34-15-10-29(30,11-16-34)19-33-12-7-20(8-13-33)23-18-32(4)24-17-21(5-6-22(23)24)35-14-9-25(36)31-26(35)37/h5-6,17-18,20H,7-16,19H2,1-4H3,(H,31,36,37). The Morgan fingerprint density at radius 1 is 1.10 bits per heavy atom. The summed E-state index contributed by atoms with van der Waals surface area (Å²) in [6, 6.07) is 5.66.